The second-order valence-corrected chi connectivity index (χ2v) is 19.3. The molecule has 271 valence electrons. The molecule has 4 heterocycles. The van der Waals surface area contributed by atoms with Crippen molar-refractivity contribution in [2.75, 3.05) is 4.90 Å². The van der Waals surface area contributed by atoms with E-state index < -0.39 is 0 Å². The van der Waals surface area contributed by atoms with E-state index >= 15 is 0 Å². The fourth-order valence-electron chi connectivity index (χ4n) is 9.41. The second-order valence-electron chi connectivity index (χ2n) is 19.3. The van der Waals surface area contributed by atoms with E-state index in [-0.39, 0.29) is 47.2 Å². The van der Waals surface area contributed by atoms with Crippen molar-refractivity contribution in [3.63, 3.8) is 0 Å². The molecule has 1 radical (unpaired) electrons. The maximum Gasteiger partial charge on any atom is 0.0544 e. The third kappa shape index (κ3) is 4.96. The van der Waals surface area contributed by atoms with Crippen LogP contribution in [0.25, 0.3) is 33.2 Å². The molecule has 53 heavy (non-hydrogen) atoms. The van der Waals surface area contributed by atoms with Gasteiger partial charge in [-0.15, -0.1) is 35.4 Å². The van der Waals surface area contributed by atoms with Gasteiger partial charge in [-0.3, -0.25) is 0 Å². The van der Waals surface area contributed by atoms with E-state index in [0.29, 0.717) is 0 Å². The van der Waals surface area contributed by atoms with E-state index in [1.807, 2.05) is 6.20 Å². The van der Waals surface area contributed by atoms with Crippen LogP contribution >= 0.6 is 0 Å². The van der Waals surface area contributed by atoms with Crippen LogP contribution in [-0.4, -0.2) is 4.98 Å². The van der Waals surface area contributed by atoms with Gasteiger partial charge in [0.1, 0.15) is 0 Å². The van der Waals surface area contributed by atoms with Gasteiger partial charge in [-0.25, -0.2) is 0 Å². The Bertz CT molecular complexity index is 2400. The van der Waals surface area contributed by atoms with Crippen LogP contribution in [0.4, 0.5) is 17.1 Å². The summed E-state index contributed by atoms with van der Waals surface area (Å²) in [5.74, 6) is 0. The minimum atomic E-state index is -0.227. The van der Waals surface area contributed by atoms with Crippen molar-refractivity contribution in [3.8, 4) is 22.4 Å². The Hall–Kier alpha value is -4.04. The number of rotatable bonds is 2. The first-order valence-corrected chi connectivity index (χ1v) is 19.1. The van der Waals surface area contributed by atoms with Gasteiger partial charge in [0.25, 0.3) is 0 Å². The monoisotopic (exact) mass is 872 g/mol. The Morgan fingerprint density at radius 3 is 1.47 bits per heavy atom. The van der Waals surface area contributed by atoms with Crippen LogP contribution in [0.2, 0.25) is 0 Å². The van der Waals surface area contributed by atoms with Gasteiger partial charge in [-0.05, 0) is 95.6 Å². The normalized spacial score (nSPS) is 16.9. The molecule has 3 aliphatic heterocycles. The van der Waals surface area contributed by atoms with Crippen LogP contribution in [0.15, 0.2) is 91.1 Å². The Kier molecular flexibility index (Phi) is 7.63. The largest absolute Gasteiger partial charge is 0.309 e. The maximum absolute atomic E-state index is 4.87. The van der Waals surface area contributed by atoms with E-state index in [1.54, 1.807) is 0 Å². The zero-order chi connectivity index (χ0) is 36.9. The molecule has 0 spiro atoms. The van der Waals surface area contributed by atoms with Gasteiger partial charge in [-0.1, -0.05) is 132 Å². The smallest absolute Gasteiger partial charge is 0.0544 e. The fraction of sp³-hybridized carbons (Fsp3) is 0.340. The topological polar surface area (TPSA) is 16.1 Å². The Morgan fingerprint density at radius 1 is 0.547 bits per heavy atom. The predicted molar refractivity (Wildman–Crippen MR) is 220 cm³/mol. The van der Waals surface area contributed by atoms with Gasteiger partial charge in [0.15, 0.2) is 0 Å². The van der Waals surface area contributed by atoms with Crippen molar-refractivity contribution < 1.29 is 20.1 Å². The second kappa shape index (κ2) is 11.2. The SMILES string of the molecule is CC(C)(C)c1cc2c3c(c1)C(C)(C)c1cc(C(C)(C)C)cc4c1N3c1c(cc(-c3cc[c-]c(-c5nccc6ccccc56)c3)cc1C4(C)C)C2(C)C.[Ir]. The molecule has 0 bridgehead atoms. The first kappa shape index (κ1) is 36.0. The quantitative estimate of drug-likeness (QED) is 0.161. The molecular weight excluding hydrogens is 821 g/mol. The minimum absolute atomic E-state index is 0. The average Bonchev–Trinajstić information content (AvgIpc) is 3.09. The first-order valence-electron chi connectivity index (χ1n) is 19.1. The Labute approximate surface area is 330 Å². The first-order chi connectivity index (χ1) is 24.3. The zero-order valence-corrected chi connectivity index (χ0v) is 35.8. The van der Waals surface area contributed by atoms with E-state index in [2.05, 4.69) is 179 Å². The molecule has 6 aromatic rings. The number of aromatic nitrogens is 1. The Balaban J connectivity index is 0.00000400. The third-order valence-electron chi connectivity index (χ3n) is 12.8. The number of anilines is 3. The number of pyridine rings is 1. The van der Waals surface area contributed by atoms with Crippen molar-refractivity contribution in [2.45, 2.75) is 110 Å². The number of hydrogen-bond acceptors (Lipinski definition) is 2. The van der Waals surface area contributed by atoms with Crippen LogP contribution < -0.4 is 4.90 Å². The van der Waals surface area contributed by atoms with Crippen LogP contribution in [-0.2, 0) is 47.2 Å². The summed E-state index contributed by atoms with van der Waals surface area (Å²) in [6.07, 6.45) is 1.92. The fourth-order valence-corrected chi connectivity index (χ4v) is 9.41. The molecule has 0 atom stereocenters. The van der Waals surface area contributed by atoms with Gasteiger partial charge in [0, 0.05) is 42.5 Å². The Morgan fingerprint density at radius 2 is 1.00 bits per heavy atom. The summed E-state index contributed by atoms with van der Waals surface area (Å²) in [4.78, 5) is 7.58. The van der Waals surface area contributed by atoms with Crippen molar-refractivity contribution in [1.82, 2.24) is 4.98 Å². The van der Waals surface area contributed by atoms with Crippen molar-refractivity contribution in [1.29, 1.82) is 0 Å². The van der Waals surface area contributed by atoms with Crippen molar-refractivity contribution >= 4 is 27.8 Å². The molecule has 0 fully saturated rings. The summed E-state index contributed by atoms with van der Waals surface area (Å²) in [5.41, 5.74) is 19.4. The molecule has 0 saturated heterocycles. The van der Waals surface area contributed by atoms with E-state index in [1.165, 1.54) is 78.1 Å². The van der Waals surface area contributed by atoms with E-state index in [9.17, 15) is 0 Å². The summed E-state index contributed by atoms with van der Waals surface area (Å²) in [7, 11) is 0. The van der Waals surface area contributed by atoms with Crippen LogP contribution in [0.3, 0.4) is 0 Å². The molecule has 9 rings (SSSR count). The summed E-state index contributed by atoms with van der Waals surface area (Å²) in [5, 5.41) is 2.34. The molecule has 3 aliphatic rings. The molecule has 0 unspecified atom stereocenters. The van der Waals surface area contributed by atoms with Gasteiger partial charge >= 0.3 is 0 Å². The molecular formula is C50H51IrN2-. The van der Waals surface area contributed by atoms with Gasteiger partial charge in [0.05, 0.1) is 17.1 Å². The number of hydrogen-bond donors (Lipinski definition) is 0. The van der Waals surface area contributed by atoms with Gasteiger partial charge < -0.3 is 9.88 Å². The molecule has 0 amide bonds. The molecule has 0 saturated carbocycles. The standard InChI is InChI=1S/C50H51N2.Ir/c1-46(2,3)33-25-38-44-40(27-33)50(11,12)41-28-34(47(4,5)6)26-39-45(41)52(44)43-36(48(38,7)8)23-32(24-37(43)49(39,9)10)30-17-15-18-31(22-30)42-35-19-14-13-16-29(35)20-21-51-42;/h13-17,19-28H,1-12H3;/q-1;. The van der Waals surface area contributed by atoms with Crippen LogP contribution in [0, 0.1) is 6.07 Å². The van der Waals surface area contributed by atoms with Gasteiger partial charge in [-0.2, -0.15) is 0 Å². The molecule has 0 aliphatic carbocycles. The third-order valence-corrected chi connectivity index (χ3v) is 12.8. The zero-order valence-electron chi connectivity index (χ0n) is 33.4. The molecule has 0 N–H and O–H groups in total. The molecule has 2 nitrogen and oxygen atoms in total. The van der Waals surface area contributed by atoms with E-state index in [4.69, 9.17) is 4.98 Å². The molecule has 5 aromatic carbocycles. The number of benzene rings is 5. The summed E-state index contributed by atoms with van der Waals surface area (Å²) in [6, 6.07) is 35.9. The number of fused-ring (bicyclic) bond motifs is 1. The van der Waals surface area contributed by atoms with Gasteiger partial charge in [0.2, 0.25) is 0 Å². The maximum atomic E-state index is 4.87. The van der Waals surface area contributed by atoms with Crippen molar-refractivity contribution in [3.05, 3.63) is 142 Å². The molecule has 3 heteroatoms. The van der Waals surface area contributed by atoms with E-state index in [0.717, 1.165) is 16.6 Å². The number of nitrogens with zero attached hydrogens (tertiary/aromatic N) is 2. The van der Waals surface area contributed by atoms with Crippen LogP contribution in [0.1, 0.15) is 128 Å². The average molecular weight is 872 g/mol. The van der Waals surface area contributed by atoms with Crippen molar-refractivity contribution in [2.24, 2.45) is 0 Å². The molecule has 1 aromatic heterocycles. The summed E-state index contributed by atoms with van der Waals surface area (Å²) in [6.45, 7) is 28.9. The summed E-state index contributed by atoms with van der Waals surface area (Å²) >= 11 is 0. The minimum Gasteiger partial charge on any atom is -0.309 e. The van der Waals surface area contributed by atoms with Crippen LogP contribution in [0.5, 0.6) is 0 Å². The predicted octanol–water partition coefficient (Wildman–Crippen LogP) is 13.3. The summed E-state index contributed by atoms with van der Waals surface area (Å²) < 4.78 is 0.